The van der Waals surface area contributed by atoms with Crippen molar-refractivity contribution >= 4 is 0 Å². The van der Waals surface area contributed by atoms with Crippen LogP contribution < -0.4 is 5.32 Å². The summed E-state index contributed by atoms with van der Waals surface area (Å²) in [5.74, 6) is -1.20. The third-order valence-corrected chi connectivity index (χ3v) is 4.22. The van der Waals surface area contributed by atoms with Gasteiger partial charge in [0.25, 0.3) is 0 Å². The first kappa shape index (κ1) is 13.1. The Hall–Kier alpha value is -0.290. The third kappa shape index (κ3) is 3.13. The van der Waals surface area contributed by atoms with E-state index in [9.17, 15) is 13.2 Å². The Labute approximate surface area is 99.6 Å². The zero-order valence-corrected chi connectivity index (χ0v) is 9.89. The van der Waals surface area contributed by atoms with E-state index < -0.39 is 18.1 Å². The van der Waals surface area contributed by atoms with Crippen molar-refractivity contribution in [2.45, 2.75) is 50.7 Å². The molecule has 0 saturated heterocycles. The lowest BCUT2D eigenvalue weighted by Gasteiger charge is -2.34. The summed E-state index contributed by atoms with van der Waals surface area (Å²) < 4.78 is 38.5. The summed E-state index contributed by atoms with van der Waals surface area (Å²) in [5.41, 5.74) is -0.117. The largest absolute Gasteiger partial charge is 0.396 e. The van der Waals surface area contributed by atoms with Gasteiger partial charge in [-0.2, -0.15) is 13.2 Å². The minimum Gasteiger partial charge on any atom is -0.396 e. The minimum atomic E-state index is -4.09. The van der Waals surface area contributed by atoms with Crippen molar-refractivity contribution < 1.29 is 18.3 Å². The number of rotatable bonds is 4. The number of alkyl halides is 3. The van der Waals surface area contributed by atoms with Gasteiger partial charge in [-0.15, -0.1) is 0 Å². The van der Waals surface area contributed by atoms with Gasteiger partial charge in [-0.1, -0.05) is 12.8 Å². The Morgan fingerprint density at radius 1 is 1.18 bits per heavy atom. The predicted molar refractivity (Wildman–Crippen MR) is 58.6 cm³/mol. The fourth-order valence-corrected chi connectivity index (χ4v) is 2.68. The van der Waals surface area contributed by atoms with Gasteiger partial charge in [-0.05, 0) is 25.7 Å². The lowest BCUT2D eigenvalue weighted by Crippen LogP contribution is -2.47. The maximum atomic E-state index is 12.8. The third-order valence-electron chi connectivity index (χ3n) is 4.22. The molecule has 2 N–H and O–H groups in total. The van der Waals surface area contributed by atoms with Crippen LogP contribution in [0.3, 0.4) is 0 Å². The van der Waals surface area contributed by atoms with Crippen molar-refractivity contribution in [3.8, 4) is 0 Å². The molecule has 0 aromatic heterocycles. The van der Waals surface area contributed by atoms with Gasteiger partial charge in [0.2, 0.25) is 0 Å². The molecular weight excluding hydrogens is 231 g/mol. The zero-order valence-electron chi connectivity index (χ0n) is 9.89. The summed E-state index contributed by atoms with van der Waals surface area (Å²) in [6, 6.07) is -0.451. The molecule has 0 radical (unpaired) electrons. The van der Waals surface area contributed by atoms with Gasteiger partial charge in [-0.25, -0.2) is 0 Å². The Morgan fingerprint density at radius 2 is 1.82 bits per heavy atom. The molecule has 2 aliphatic rings. The van der Waals surface area contributed by atoms with Crippen molar-refractivity contribution in [3.63, 3.8) is 0 Å². The van der Waals surface area contributed by atoms with Crippen molar-refractivity contribution in [1.29, 1.82) is 0 Å². The quantitative estimate of drug-likeness (QED) is 0.804. The summed E-state index contributed by atoms with van der Waals surface area (Å²) in [5, 5.41) is 12.2. The van der Waals surface area contributed by atoms with Crippen LogP contribution in [0.15, 0.2) is 0 Å². The highest BCUT2D eigenvalue weighted by atomic mass is 19.4. The number of nitrogens with one attached hydrogen (secondary N) is 1. The number of hydrogen-bond donors (Lipinski definition) is 2. The van der Waals surface area contributed by atoms with Gasteiger partial charge >= 0.3 is 6.18 Å². The van der Waals surface area contributed by atoms with Crippen LogP contribution in [0.4, 0.5) is 13.2 Å². The SMILES string of the molecule is OCC1(CNC2CCCCC2C(F)(F)F)CC1. The molecule has 17 heavy (non-hydrogen) atoms. The molecule has 2 unspecified atom stereocenters. The monoisotopic (exact) mass is 251 g/mol. The molecule has 0 aromatic rings. The van der Waals surface area contributed by atoms with Crippen molar-refractivity contribution in [1.82, 2.24) is 5.32 Å². The average molecular weight is 251 g/mol. The van der Waals surface area contributed by atoms with Gasteiger partial charge in [0.15, 0.2) is 0 Å². The molecule has 2 saturated carbocycles. The standard InChI is InChI=1S/C12H20F3NO/c13-12(14,15)9-3-1-2-4-10(9)16-7-11(8-17)5-6-11/h9-10,16-17H,1-8H2. The lowest BCUT2D eigenvalue weighted by atomic mass is 9.83. The van der Waals surface area contributed by atoms with Crippen molar-refractivity contribution in [3.05, 3.63) is 0 Å². The van der Waals surface area contributed by atoms with Crippen LogP contribution in [0, 0.1) is 11.3 Å². The maximum Gasteiger partial charge on any atom is 0.393 e. The summed E-state index contributed by atoms with van der Waals surface area (Å²) in [7, 11) is 0. The van der Waals surface area contributed by atoms with E-state index in [4.69, 9.17) is 5.11 Å². The Bertz CT molecular complexity index is 263. The smallest absolute Gasteiger partial charge is 0.393 e. The minimum absolute atomic E-state index is 0.0867. The van der Waals surface area contributed by atoms with Gasteiger partial charge in [0.05, 0.1) is 5.92 Å². The van der Waals surface area contributed by atoms with Crippen LogP contribution >= 0.6 is 0 Å². The number of aliphatic hydroxyl groups is 1. The number of aliphatic hydroxyl groups excluding tert-OH is 1. The second kappa shape index (κ2) is 4.76. The van der Waals surface area contributed by atoms with Crippen LogP contribution in [0.25, 0.3) is 0 Å². The summed E-state index contributed by atoms with van der Waals surface area (Å²) >= 11 is 0. The molecule has 2 nitrogen and oxygen atoms in total. The fraction of sp³-hybridized carbons (Fsp3) is 1.00. The molecular formula is C12H20F3NO. The Balaban J connectivity index is 1.88. The number of halogens is 3. The summed E-state index contributed by atoms with van der Waals surface area (Å²) in [6.07, 6.45) is 0.163. The van der Waals surface area contributed by atoms with Crippen molar-refractivity contribution in [2.75, 3.05) is 13.2 Å². The van der Waals surface area contributed by atoms with E-state index in [2.05, 4.69) is 5.32 Å². The Morgan fingerprint density at radius 3 is 2.35 bits per heavy atom. The molecule has 0 aromatic carbocycles. The number of hydrogen-bond acceptors (Lipinski definition) is 2. The predicted octanol–water partition coefficient (Wildman–Crippen LogP) is 2.47. The van der Waals surface area contributed by atoms with E-state index >= 15 is 0 Å². The molecule has 5 heteroatoms. The average Bonchev–Trinajstić information content (AvgIpc) is 3.06. The molecule has 0 amide bonds. The van der Waals surface area contributed by atoms with E-state index in [0.717, 1.165) is 19.3 Å². The van der Waals surface area contributed by atoms with Gasteiger partial charge in [0, 0.05) is 24.6 Å². The van der Waals surface area contributed by atoms with E-state index in [1.54, 1.807) is 0 Å². The molecule has 0 bridgehead atoms. The Kier molecular flexibility index (Phi) is 3.69. The maximum absolute atomic E-state index is 12.8. The van der Waals surface area contributed by atoms with Crippen molar-refractivity contribution in [2.24, 2.45) is 11.3 Å². The second-order valence-electron chi connectivity index (χ2n) is 5.58. The lowest BCUT2D eigenvalue weighted by molar-refractivity contribution is -0.189. The molecule has 0 spiro atoms. The molecule has 2 fully saturated rings. The molecule has 0 heterocycles. The zero-order chi connectivity index (χ0) is 12.5. The van der Waals surface area contributed by atoms with E-state index in [1.807, 2.05) is 0 Å². The second-order valence-corrected chi connectivity index (χ2v) is 5.58. The topological polar surface area (TPSA) is 32.3 Å². The summed E-state index contributed by atoms with van der Waals surface area (Å²) in [6.45, 7) is 0.615. The first-order valence-corrected chi connectivity index (χ1v) is 6.38. The van der Waals surface area contributed by atoms with Gasteiger partial charge in [0.1, 0.15) is 0 Å². The molecule has 2 aliphatic carbocycles. The van der Waals surface area contributed by atoms with E-state index in [0.29, 0.717) is 19.4 Å². The first-order chi connectivity index (χ1) is 7.97. The van der Waals surface area contributed by atoms with Crippen LogP contribution in [0.1, 0.15) is 38.5 Å². The van der Waals surface area contributed by atoms with Crippen LogP contribution in [-0.4, -0.2) is 30.5 Å². The van der Waals surface area contributed by atoms with Crippen LogP contribution in [0.2, 0.25) is 0 Å². The van der Waals surface area contributed by atoms with Crippen LogP contribution in [0.5, 0.6) is 0 Å². The van der Waals surface area contributed by atoms with Crippen LogP contribution in [-0.2, 0) is 0 Å². The highest BCUT2D eigenvalue weighted by molar-refractivity contribution is 4.96. The molecule has 100 valence electrons. The highest BCUT2D eigenvalue weighted by Gasteiger charge is 2.47. The van der Waals surface area contributed by atoms with E-state index in [1.165, 1.54) is 0 Å². The fourth-order valence-electron chi connectivity index (χ4n) is 2.68. The first-order valence-electron chi connectivity index (χ1n) is 6.38. The summed E-state index contributed by atoms with van der Waals surface area (Å²) in [4.78, 5) is 0. The molecule has 0 aliphatic heterocycles. The van der Waals surface area contributed by atoms with Gasteiger partial charge < -0.3 is 10.4 Å². The molecule has 2 atom stereocenters. The van der Waals surface area contributed by atoms with Gasteiger partial charge in [-0.3, -0.25) is 0 Å². The van der Waals surface area contributed by atoms with E-state index in [-0.39, 0.29) is 18.4 Å². The highest BCUT2D eigenvalue weighted by Crippen LogP contribution is 2.45. The molecule has 2 rings (SSSR count). The normalized spacial score (nSPS) is 32.5.